The smallest absolute Gasteiger partial charge is 0.214 e. The van der Waals surface area contributed by atoms with Gasteiger partial charge < -0.3 is 9.84 Å². The topological polar surface area (TPSA) is 53.3 Å². The molecule has 0 amide bonds. The Morgan fingerprint density at radius 1 is 1.18 bits per heavy atom. The summed E-state index contributed by atoms with van der Waals surface area (Å²) in [4.78, 5) is 0. The molecule has 2 rings (SSSR count). The van der Waals surface area contributed by atoms with Gasteiger partial charge in [-0.15, -0.1) is 0 Å². The summed E-state index contributed by atoms with van der Waals surface area (Å²) in [5.41, 5.74) is 0.558. The van der Waals surface area contributed by atoms with Gasteiger partial charge in [0.25, 0.3) is 0 Å². The summed E-state index contributed by atoms with van der Waals surface area (Å²) in [5.74, 6) is 0.780. The second-order valence-electron chi connectivity index (χ2n) is 3.84. The number of nitrogens with one attached hydrogen (secondary N) is 1. The first-order valence-corrected chi connectivity index (χ1v) is 5.22. The zero-order chi connectivity index (χ0) is 12.4. The highest BCUT2D eigenvalue weighted by Crippen LogP contribution is 2.32. The molecule has 0 heterocycles. The molecule has 0 bridgehead atoms. The number of hydrogen-bond acceptors (Lipinski definition) is 3. The average molecular weight is 227 g/mol. The van der Waals surface area contributed by atoms with Crippen LogP contribution in [0.15, 0.2) is 48.6 Å². The molecule has 2 aromatic rings. The largest absolute Gasteiger partial charge is 0.507 e. The SMILES string of the molecule is C=C(C)C(=N)Oc1ccc(O)c2ccccc12. The van der Waals surface area contributed by atoms with E-state index in [1.165, 1.54) is 0 Å². The van der Waals surface area contributed by atoms with Crippen LogP contribution in [-0.2, 0) is 0 Å². The van der Waals surface area contributed by atoms with Crippen molar-refractivity contribution in [3.8, 4) is 11.5 Å². The van der Waals surface area contributed by atoms with Gasteiger partial charge in [0.2, 0.25) is 5.90 Å². The van der Waals surface area contributed by atoms with E-state index in [0.29, 0.717) is 16.7 Å². The molecule has 0 aliphatic carbocycles. The molecule has 0 atom stereocenters. The van der Waals surface area contributed by atoms with Crippen molar-refractivity contribution >= 4 is 16.7 Å². The highest BCUT2D eigenvalue weighted by atomic mass is 16.5. The van der Waals surface area contributed by atoms with E-state index in [9.17, 15) is 5.11 Å². The normalized spacial score (nSPS) is 10.2. The van der Waals surface area contributed by atoms with Crippen LogP contribution in [0.25, 0.3) is 10.8 Å². The van der Waals surface area contributed by atoms with E-state index < -0.39 is 0 Å². The minimum atomic E-state index is 0.0286. The number of rotatable bonds is 2. The summed E-state index contributed by atoms with van der Waals surface area (Å²) in [6.45, 7) is 5.36. The number of phenolic OH excluding ortho intramolecular Hbond substituents is 1. The van der Waals surface area contributed by atoms with Crippen molar-refractivity contribution in [2.45, 2.75) is 6.92 Å². The maximum Gasteiger partial charge on any atom is 0.214 e. The molecule has 0 radical (unpaired) electrons. The van der Waals surface area contributed by atoms with E-state index in [1.807, 2.05) is 24.3 Å². The van der Waals surface area contributed by atoms with Crippen molar-refractivity contribution in [1.29, 1.82) is 5.41 Å². The molecule has 0 aromatic heterocycles. The predicted molar refractivity (Wildman–Crippen MR) is 68.8 cm³/mol. The summed E-state index contributed by atoms with van der Waals surface area (Å²) >= 11 is 0. The van der Waals surface area contributed by atoms with Crippen molar-refractivity contribution in [3.63, 3.8) is 0 Å². The Hall–Kier alpha value is -2.29. The third-order valence-corrected chi connectivity index (χ3v) is 2.46. The quantitative estimate of drug-likeness (QED) is 0.609. The number of ether oxygens (including phenoxy) is 1. The fourth-order valence-corrected chi connectivity index (χ4v) is 1.54. The van der Waals surface area contributed by atoms with Crippen LogP contribution in [0.2, 0.25) is 0 Å². The van der Waals surface area contributed by atoms with Gasteiger partial charge in [0.1, 0.15) is 11.5 Å². The van der Waals surface area contributed by atoms with Crippen molar-refractivity contribution in [1.82, 2.24) is 0 Å². The lowest BCUT2D eigenvalue weighted by molar-refractivity contribution is 0.480. The molecule has 2 aromatic carbocycles. The molecule has 0 saturated carbocycles. The van der Waals surface area contributed by atoms with Crippen molar-refractivity contribution in [2.24, 2.45) is 0 Å². The van der Waals surface area contributed by atoms with E-state index >= 15 is 0 Å². The van der Waals surface area contributed by atoms with E-state index in [1.54, 1.807) is 19.1 Å². The Kier molecular flexibility index (Phi) is 2.83. The van der Waals surface area contributed by atoms with Crippen molar-refractivity contribution in [3.05, 3.63) is 48.6 Å². The number of benzene rings is 2. The molecule has 0 fully saturated rings. The Morgan fingerprint density at radius 3 is 2.47 bits per heavy atom. The van der Waals surface area contributed by atoms with Crippen LogP contribution in [0.5, 0.6) is 11.5 Å². The van der Waals surface area contributed by atoms with E-state index in [4.69, 9.17) is 10.1 Å². The second-order valence-corrected chi connectivity index (χ2v) is 3.84. The molecule has 86 valence electrons. The Labute approximate surface area is 99.5 Å². The minimum Gasteiger partial charge on any atom is -0.507 e. The zero-order valence-electron chi connectivity index (χ0n) is 9.53. The van der Waals surface area contributed by atoms with Crippen LogP contribution in [0.1, 0.15) is 6.92 Å². The van der Waals surface area contributed by atoms with Crippen LogP contribution >= 0.6 is 0 Å². The molecule has 0 aliphatic heterocycles. The molecule has 3 heteroatoms. The molecular weight excluding hydrogens is 214 g/mol. The number of fused-ring (bicyclic) bond motifs is 1. The maximum atomic E-state index is 9.71. The summed E-state index contributed by atoms with van der Waals surface area (Å²) < 4.78 is 5.42. The highest BCUT2D eigenvalue weighted by Gasteiger charge is 2.08. The maximum absolute atomic E-state index is 9.71. The van der Waals surface area contributed by atoms with Crippen LogP contribution in [0, 0.1) is 5.41 Å². The summed E-state index contributed by atoms with van der Waals surface area (Å²) in [6.07, 6.45) is 0. The first-order chi connectivity index (χ1) is 8.09. The van der Waals surface area contributed by atoms with Crippen LogP contribution in [0.3, 0.4) is 0 Å². The third-order valence-electron chi connectivity index (χ3n) is 2.46. The zero-order valence-corrected chi connectivity index (χ0v) is 9.53. The Morgan fingerprint density at radius 2 is 1.82 bits per heavy atom. The van der Waals surface area contributed by atoms with Crippen LogP contribution < -0.4 is 4.74 Å². The summed E-state index contributed by atoms with van der Waals surface area (Å²) in [6, 6.07) is 10.6. The standard InChI is InChI=1S/C14H13NO2/c1-9(2)14(15)17-13-8-7-12(16)10-5-3-4-6-11(10)13/h3-8,15-16H,1H2,2H3. The van der Waals surface area contributed by atoms with E-state index in [-0.39, 0.29) is 11.6 Å². The van der Waals surface area contributed by atoms with Gasteiger partial charge in [-0.1, -0.05) is 30.8 Å². The van der Waals surface area contributed by atoms with E-state index in [0.717, 1.165) is 5.39 Å². The summed E-state index contributed by atoms with van der Waals surface area (Å²) in [7, 11) is 0. The van der Waals surface area contributed by atoms with Crippen molar-refractivity contribution < 1.29 is 9.84 Å². The molecule has 0 unspecified atom stereocenters. The highest BCUT2D eigenvalue weighted by molar-refractivity contribution is 5.97. The first kappa shape index (κ1) is 11.2. The van der Waals surface area contributed by atoms with Gasteiger partial charge in [0, 0.05) is 16.3 Å². The minimum absolute atomic E-state index is 0.0286. The molecule has 0 aliphatic rings. The van der Waals surface area contributed by atoms with Gasteiger partial charge in [-0.25, -0.2) is 0 Å². The Bertz CT molecular complexity index is 602. The average Bonchev–Trinajstić information content (AvgIpc) is 2.33. The molecular formula is C14H13NO2. The lowest BCUT2D eigenvalue weighted by Gasteiger charge is -2.10. The van der Waals surface area contributed by atoms with Crippen molar-refractivity contribution in [2.75, 3.05) is 0 Å². The Balaban J connectivity index is 2.52. The second kappa shape index (κ2) is 4.29. The fourth-order valence-electron chi connectivity index (χ4n) is 1.54. The molecule has 0 saturated heterocycles. The van der Waals surface area contributed by atoms with Gasteiger partial charge in [0.15, 0.2) is 0 Å². The van der Waals surface area contributed by atoms with Gasteiger partial charge in [-0.3, -0.25) is 5.41 Å². The first-order valence-electron chi connectivity index (χ1n) is 5.22. The van der Waals surface area contributed by atoms with Gasteiger partial charge in [-0.2, -0.15) is 0 Å². The molecule has 0 spiro atoms. The van der Waals surface area contributed by atoms with Gasteiger partial charge >= 0.3 is 0 Å². The third kappa shape index (κ3) is 2.13. The molecule has 3 nitrogen and oxygen atoms in total. The lowest BCUT2D eigenvalue weighted by atomic mass is 10.1. The van der Waals surface area contributed by atoms with Gasteiger partial charge in [-0.05, 0) is 19.1 Å². The summed E-state index contributed by atoms with van der Waals surface area (Å²) in [5, 5.41) is 18.8. The monoisotopic (exact) mass is 227 g/mol. The fraction of sp³-hybridized carbons (Fsp3) is 0.0714. The molecule has 17 heavy (non-hydrogen) atoms. The van der Waals surface area contributed by atoms with E-state index in [2.05, 4.69) is 6.58 Å². The van der Waals surface area contributed by atoms with Gasteiger partial charge in [0.05, 0.1) is 0 Å². The predicted octanol–water partition coefficient (Wildman–Crippen LogP) is 3.48. The number of aromatic hydroxyl groups is 1. The number of phenols is 1. The number of hydrogen-bond donors (Lipinski definition) is 2. The van der Waals surface area contributed by atoms with Crippen LogP contribution in [0.4, 0.5) is 0 Å². The molecule has 2 N–H and O–H groups in total. The van der Waals surface area contributed by atoms with Crippen LogP contribution in [-0.4, -0.2) is 11.0 Å². The lowest BCUT2D eigenvalue weighted by Crippen LogP contribution is -2.07.